The molecule has 1 saturated carbocycles. The molecule has 134 valence electrons. The molecule has 2 fully saturated rings. The van der Waals surface area contributed by atoms with Crippen LogP contribution in [0.2, 0.25) is 0 Å². The summed E-state index contributed by atoms with van der Waals surface area (Å²) in [6.07, 6.45) is 4.99. The highest BCUT2D eigenvalue weighted by atomic mass is 35.5. The lowest BCUT2D eigenvalue weighted by molar-refractivity contribution is -0.117. The molecule has 1 amide bonds. The van der Waals surface area contributed by atoms with Crippen LogP contribution in [0.5, 0.6) is 0 Å². The SMILES string of the molecule is Cl.O=C(CC1CCNCC1)Nc1cccc(-c2nnnn2C2CC2)c1. The van der Waals surface area contributed by atoms with E-state index in [1.54, 1.807) is 0 Å². The molecule has 0 radical (unpaired) electrons. The van der Waals surface area contributed by atoms with Crippen LogP contribution in [0.25, 0.3) is 11.4 Å². The number of nitrogens with one attached hydrogen (secondary N) is 2. The van der Waals surface area contributed by atoms with Crippen molar-refractivity contribution in [1.29, 1.82) is 0 Å². The summed E-state index contributed by atoms with van der Waals surface area (Å²) in [6.45, 7) is 2.02. The molecule has 0 spiro atoms. The molecule has 2 aliphatic rings. The van der Waals surface area contributed by atoms with Gasteiger partial charge in [0, 0.05) is 17.7 Å². The minimum atomic E-state index is 0. The largest absolute Gasteiger partial charge is 0.326 e. The van der Waals surface area contributed by atoms with Crippen molar-refractivity contribution in [2.75, 3.05) is 18.4 Å². The Hall–Kier alpha value is -1.99. The summed E-state index contributed by atoms with van der Waals surface area (Å²) >= 11 is 0. The van der Waals surface area contributed by atoms with Gasteiger partial charge >= 0.3 is 0 Å². The first-order valence-corrected chi connectivity index (χ1v) is 8.68. The van der Waals surface area contributed by atoms with E-state index in [0.717, 1.165) is 55.8 Å². The quantitative estimate of drug-likeness (QED) is 0.853. The molecule has 1 aliphatic carbocycles. The molecule has 1 aromatic heterocycles. The highest BCUT2D eigenvalue weighted by Crippen LogP contribution is 2.36. The van der Waals surface area contributed by atoms with Crippen LogP contribution in [0.1, 0.15) is 38.1 Å². The van der Waals surface area contributed by atoms with E-state index in [2.05, 4.69) is 26.2 Å². The van der Waals surface area contributed by atoms with Gasteiger partial charge in [-0.2, -0.15) is 0 Å². The van der Waals surface area contributed by atoms with E-state index in [1.807, 2.05) is 28.9 Å². The van der Waals surface area contributed by atoms with Gasteiger partial charge in [0.1, 0.15) is 0 Å². The molecule has 2 aromatic rings. The van der Waals surface area contributed by atoms with Crippen LogP contribution in [0, 0.1) is 5.92 Å². The van der Waals surface area contributed by atoms with Crippen molar-refractivity contribution in [2.45, 2.75) is 38.1 Å². The average molecular weight is 363 g/mol. The number of rotatable bonds is 5. The zero-order valence-corrected chi connectivity index (χ0v) is 14.8. The van der Waals surface area contributed by atoms with Gasteiger partial charge in [0.05, 0.1) is 6.04 Å². The van der Waals surface area contributed by atoms with Crippen LogP contribution in [-0.4, -0.2) is 39.2 Å². The van der Waals surface area contributed by atoms with E-state index < -0.39 is 0 Å². The van der Waals surface area contributed by atoms with Crippen molar-refractivity contribution < 1.29 is 4.79 Å². The maximum atomic E-state index is 12.3. The summed E-state index contributed by atoms with van der Waals surface area (Å²) in [6, 6.07) is 8.20. The van der Waals surface area contributed by atoms with Crippen molar-refractivity contribution in [3.05, 3.63) is 24.3 Å². The van der Waals surface area contributed by atoms with Gasteiger partial charge < -0.3 is 10.6 Å². The summed E-state index contributed by atoms with van der Waals surface area (Å²) in [4.78, 5) is 12.3. The van der Waals surface area contributed by atoms with Gasteiger partial charge in [-0.3, -0.25) is 4.79 Å². The highest BCUT2D eigenvalue weighted by Gasteiger charge is 2.28. The number of benzene rings is 1. The van der Waals surface area contributed by atoms with E-state index in [-0.39, 0.29) is 18.3 Å². The molecule has 4 rings (SSSR count). The Bertz CT molecular complexity index is 723. The molecular formula is C17H23ClN6O. The third kappa shape index (κ3) is 4.35. The predicted molar refractivity (Wildman–Crippen MR) is 97.6 cm³/mol. The maximum Gasteiger partial charge on any atom is 0.224 e. The first kappa shape index (κ1) is 17.8. The fraction of sp³-hybridized carbons (Fsp3) is 0.529. The molecule has 7 nitrogen and oxygen atoms in total. The molecule has 2 heterocycles. The van der Waals surface area contributed by atoms with Gasteiger partial charge in [-0.05, 0) is 67.3 Å². The molecule has 8 heteroatoms. The Labute approximate surface area is 153 Å². The van der Waals surface area contributed by atoms with E-state index in [0.29, 0.717) is 18.4 Å². The third-order valence-electron chi connectivity index (χ3n) is 4.72. The maximum absolute atomic E-state index is 12.3. The lowest BCUT2D eigenvalue weighted by atomic mass is 9.94. The number of hydrogen-bond donors (Lipinski definition) is 2. The number of hydrogen-bond acceptors (Lipinski definition) is 5. The van der Waals surface area contributed by atoms with Gasteiger partial charge in [0.15, 0.2) is 5.82 Å². The summed E-state index contributed by atoms with van der Waals surface area (Å²) in [5.74, 6) is 1.34. The normalized spacial score (nSPS) is 17.8. The van der Waals surface area contributed by atoms with Crippen molar-refractivity contribution in [2.24, 2.45) is 5.92 Å². The van der Waals surface area contributed by atoms with Gasteiger partial charge in [0.25, 0.3) is 0 Å². The summed E-state index contributed by atoms with van der Waals surface area (Å²) in [7, 11) is 0. The monoisotopic (exact) mass is 362 g/mol. The smallest absolute Gasteiger partial charge is 0.224 e. The third-order valence-corrected chi connectivity index (χ3v) is 4.72. The fourth-order valence-electron chi connectivity index (χ4n) is 3.24. The Kier molecular flexibility index (Phi) is 5.65. The average Bonchev–Trinajstić information content (AvgIpc) is 3.32. The molecular weight excluding hydrogens is 340 g/mol. The Morgan fingerprint density at radius 3 is 2.80 bits per heavy atom. The summed E-state index contributed by atoms with van der Waals surface area (Å²) in [5, 5.41) is 18.4. The zero-order valence-electron chi connectivity index (χ0n) is 14.0. The van der Waals surface area contributed by atoms with E-state index >= 15 is 0 Å². The second-order valence-corrected chi connectivity index (χ2v) is 6.70. The number of tetrazole rings is 1. The van der Waals surface area contributed by atoms with Gasteiger partial charge in [-0.15, -0.1) is 17.5 Å². The number of carbonyl (C=O) groups excluding carboxylic acids is 1. The molecule has 0 atom stereocenters. The molecule has 1 aliphatic heterocycles. The number of piperidine rings is 1. The standard InChI is InChI=1S/C17H22N6O.ClH/c24-16(10-12-6-8-18-9-7-12)19-14-3-1-2-13(11-14)17-20-21-22-23(17)15-4-5-15;/h1-3,11-12,15,18H,4-10H2,(H,19,24);1H. The second kappa shape index (κ2) is 7.93. The van der Waals surface area contributed by atoms with Crippen LogP contribution in [0.4, 0.5) is 5.69 Å². The van der Waals surface area contributed by atoms with Crippen molar-refractivity contribution in [1.82, 2.24) is 25.5 Å². The fourth-order valence-corrected chi connectivity index (χ4v) is 3.24. The van der Waals surface area contributed by atoms with E-state index in [4.69, 9.17) is 0 Å². The number of halogens is 1. The van der Waals surface area contributed by atoms with Crippen LogP contribution in [0.15, 0.2) is 24.3 Å². The number of amides is 1. The van der Waals surface area contributed by atoms with Crippen LogP contribution in [-0.2, 0) is 4.79 Å². The van der Waals surface area contributed by atoms with Crippen molar-refractivity contribution in [3.63, 3.8) is 0 Å². The number of aromatic nitrogens is 4. The topological polar surface area (TPSA) is 84.7 Å². The minimum absolute atomic E-state index is 0. The highest BCUT2D eigenvalue weighted by molar-refractivity contribution is 5.91. The van der Waals surface area contributed by atoms with Crippen molar-refractivity contribution in [3.8, 4) is 11.4 Å². The number of nitrogens with zero attached hydrogens (tertiary/aromatic N) is 4. The van der Waals surface area contributed by atoms with Crippen LogP contribution >= 0.6 is 12.4 Å². The molecule has 1 aromatic carbocycles. The molecule has 0 unspecified atom stereocenters. The first-order valence-electron chi connectivity index (χ1n) is 8.68. The van der Waals surface area contributed by atoms with Crippen molar-refractivity contribution >= 4 is 24.0 Å². The number of anilines is 1. The minimum Gasteiger partial charge on any atom is -0.326 e. The molecule has 0 bridgehead atoms. The Balaban J connectivity index is 0.00000182. The molecule has 2 N–H and O–H groups in total. The van der Waals surface area contributed by atoms with Gasteiger partial charge in [-0.1, -0.05) is 12.1 Å². The first-order chi connectivity index (χ1) is 11.8. The Morgan fingerprint density at radius 2 is 2.04 bits per heavy atom. The Morgan fingerprint density at radius 1 is 1.24 bits per heavy atom. The lowest BCUT2D eigenvalue weighted by Gasteiger charge is -2.21. The zero-order chi connectivity index (χ0) is 16.4. The second-order valence-electron chi connectivity index (χ2n) is 6.70. The number of carbonyl (C=O) groups is 1. The molecule has 1 saturated heterocycles. The summed E-state index contributed by atoms with van der Waals surface area (Å²) in [5.41, 5.74) is 1.74. The van der Waals surface area contributed by atoms with Crippen LogP contribution in [0.3, 0.4) is 0 Å². The lowest BCUT2D eigenvalue weighted by Crippen LogP contribution is -2.30. The van der Waals surface area contributed by atoms with Gasteiger partial charge in [-0.25, -0.2) is 4.68 Å². The molecule has 25 heavy (non-hydrogen) atoms. The van der Waals surface area contributed by atoms with Gasteiger partial charge in [0.2, 0.25) is 5.91 Å². The van der Waals surface area contributed by atoms with Crippen LogP contribution < -0.4 is 10.6 Å². The summed E-state index contributed by atoms with van der Waals surface area (Å²) < 4.78 is 1.88. The van der Waals surface area contributed by atoms with E-state index in [1.165, 1.54) is 0 Å². The predicted octanol–water partition coefficient (Wildman–Crippen LogP) is 2.42. The van der Waals surface area contributed by atoms with E-state index in [9.17, 15) is 4.79 Å².